The Balaban J connectivity index is 2.35. The van der Waals surface area contributed by atoms with Gasteiger partial charge in [0.25, 0.3) is 0 Å². The van der Waals surface area contributed by atoms with E-state index in [-0.39, 0.29) is 12.4 Å². The van der Waals surface area contributed by atoms with E-state index in [2.05, 4.69) is 20.0 Å². The minimum absolute atomic E-state index is 0.0249. The first-order valence-corrected chi connectivity index (χ1v) is 6.54. The van der Waals surface area contributed by atoms with Gasteiger partial charge < -0.3 is 9.47 Å². The predicted octanol–water partition coefficient (Wildman–Crippen LogP) is 3.52. The van der Waals surface area contributed by atoms with Gasteiger partial charge in [-0.15, -0.1) is 0 Å². The molecular weight excluding hydrogens is 294 g/mol. The molecule has 0 unspecified atom stereocenters. The Morgan fingerprint density at radius 3 is 2.82 bits per heavy atom. The number of hydrazone groups is 1. The van der Waals surface area contributed by atoms with Crippen molar-refractivity contribution in [3.8, 4) is 5.75 Å². The number of hydrogen-bond donors (Lipinski definition) is 1. The van der Waals surface area contributed by atoms with Gasteiger partial charge in [0.15, 0.2) is 0 Å². The van der Waals surface area contributed by atoms with Crippen molar-refractivity contribution in [1.29, 1.82) is 0 Å². The number of hydrogen-bond acceptors (Lipinski definition) is 4. The van der Waals surface area contributed by atoms with Crippen LogP contribution in [0.1, 0.15) is 12.5 Å². The Morgan fingerprint density at radius 1 is 1.32 bits per heavy atom. The highest BCUT2D eigenvalue weighted by molar-refractivity contribution is 6.02. The zero-order valence-electron chi connectivity index (χ0n) is 11.8. The van der Waals surface area contributed by atoms with E-state index in [4.69, 9.17) is 0 Å². The molecule has 7 heteroatoms. The number of halogens is 2. The van der Waals surface area contributed by atoms with E-state index < -0.39 is 12.7 Å². The molecule has 0 saturated heterocycles. The Kier molecular flexibility index (Phi) is 5.24. The SMILES string of the molecule is CCOC(=O)N/N=C\c1c(OC(F)F)ccc2ccccc12. The standard InChI is InChI=1S/C15H14F2N2O3/c1-2-21-15(20)19-18-9-12-11-6-4-3-5-10(11)7-8-13(12)22-14(16)17/h3-9,14H,2H2,1H3,(H,19,20)/b18-9-. The number of carbonyl (C=O) groups is 1. The number of ether oxygens (including phenoxy) is 2. The molecule has 0 radical (unpaired) electrons. The van der Waals surface area contributed by atoms with Gasteiger partial charge in [0, 0.05) is 5.56 Å². The van der Waals surface area contributed by atoms with Crippen molar-refractivity contribution in [2.24, 2.45) is 5.10 Å². The first-order valence-electron chi connectivity index (χ1n) is 6.54. The molecule has 5 nitrogen and oxygen atoms in total. The van der Waals surface area contributed by atoms with Crippen LogP contribution in [0.2, 0.25) is 0 Å². The van der Waals surface area contributed by atoms with Crippen LogP contribution < -0.4 is 10.2 Å². The third kappa shape index (κ3) is 3.91. The summed E-state index contributed by atoms with van der Waals surface area (Å²) >= 11 is 0. The van der Waals surface area contributed by atoms with Crippen LogP contribution in [-0.2, 0) is 4.74 Å². The second-order valence-corrected chi connectivity index (χ2v) is 4.17. The van der Waals surface area contributed by atoms with Gasteiger partial charge in [-0.3, -0.25) is 0 Å². The molecule has 0 saturated carbocycles. The second-order valence-electron chi connectivity index (χ2n) is 4.17. The lowest BCUT2D eigenvalue weighted by molar-refractivity contribution is -0.0498. The van der Waals surface area contributed by atoms with E-state index in [1.807, 2.05) is 12.1 Å². The molecule has 2 rings (SSSR count). The second kappa shape index (κ2) is 7.35. The quantitative estimate of drug-likeness (QED) is 0.679. The monoisotopic (exact) mass is 308 g/mol. The van der Waals surface area contributed by atoms with Crippen LogP contribution in [0.3, 0.4) is 0 Å². The van der Waals surface area contributed by atoms with Crippen LogP contribution >= 0.6 is 0 Å². The molecule has 0 aliphatic rings. The summed E-state index contributed by atoms with van der Waals surface area (Å²) in [5.74, 6) is -0.0249. The average Bonchev–Trinajstić information content (AvgIpc) is 2.49. The van der Waals surface area contributed by atoms with Crippen LogP contribution in [-0.4, -0.2) is 25.5 Å². The molecule has 0 aromatic heterocycles. The van der Waals surface area contributed by atoms with Gasteiger partial charge in [-0.25, -0.2) is 10.2 Å². The first kappa shape index (κ1) is 15.7. The number of alkyl halides is 2. The summed E-state index contributed by atoms with van der Waals surface area (Å²) in [4.78, 5) is 11.2. The Hall–Kier alpha value is -2.70. The molecule has 0 atom stereocenters. The third-order valence-corrected chi connectivity index (χ3v) is 2.77. The molecule has 2 aromatic carbocycles. The largest absolute Gasteiger partial charge is 0.449 e. The van der Waals surface area contributed by atoms with E-state index in [9.17, 15) is 13.6 Å². The predicted molar refractivity (Wildman–Crippen MR) is 78.3 cm³/mol. The molecule has 1 amide bonds. The third-order valence-electron chi connectivity index (χ3n) is 2.77. The average molecular weight is 308 g/mol. The van der Waals surface area contributed by atoms with E-state index in [1.54, 1.807) is 25.1 Å². The Labute approximate surface area is 125 Å². The van der Waals surface area contributed by atoms with Crippen LogP contribution in [0.25, 0.3) is 10.8 Å². The number of nitrogens with one attached hydrogen (secondary N) is 1. The Morgan fingerprint density at radius 2 is 2.09 bits per heavy atom. The zero-order chi connectivity index (χ0) is 15.9. The lowest BCUT2D eigenvalue weighted by Crippen LogP contribution is -2.18. The van der Waals surface area contributed by atoms with E-state index in [1.165, 1.54) is 12.3 Å². The summed E-state index contributed by atoms with van der Waals surface area (Å²) in [6.07, 6.45) is 0.520. The summed E-state index contributed by atoms with van der Waals surface area (Å²) in [7, 11) is 0. The topological polar surface area (TPSA) is 59.9 Å². The van der Waals surface area contributed by atoms with Crippen LogP contribution in [0, 0.1) is 0 Å². The van der Waals surface area contributed by atoms with Gasteiger partial charge >= 0.3 is 12.7 Å². The molecule has 2 aromatic rings. The van der Waals surface area contributed by atoms with Crippen molar-refractivity contribution >= 4 is 23.1 Å². The lowest BCUT2D eigenvalue weighted by atomic mass is 10.0. The molecule has 0 bridgehead atoms. The maximum atomic E-state index is 12.5. The molecule has 22 heavy (non-hydrogen) atoms. The van der Waals surface area contributed by atoms with Gasteiger partial charge in [-0.05, 0) is 23.8 Å². The van der Waals surface area contributed by atoms with Gasteiger partial charge in [-0.1, -0.05) is 30.3 Å². The number of carbonyl (C=O) groups excluding carboxylic acids is 1. The van der Waals surface area contributed by atoms with Gasteiger partial charge in [0.1, 0.15) is 5.75 Å². The normalized spacial score (nSPS) is 11.1. The highest BCUT2D eigenvalue weighted by Crippen LogP contribution is 2.27. The minimum atomic E-state index is -2.95. The molecule has 0 fully saturated rings. The van der Waals surface area contributed by atoms with Crippen molar-refractivity contribution in [3.05, 3.63) is 42.0 Å². The summed E-state index contributed by atoms with van der Waals surface area (Å²) in [6.45, 7) is -1.09. The van der Waals surface area contributed by atoms with Crippen molar-refractivity contribution in [2.75, 3.05) is 6.61 Å². The fourth-order valence-electron chi connectivity index (χ4n) is 1.92. The molecule has 116 valence electrons. The number of amides is 1. The van der Waals surface area contributed by atoms with E-state index in [0.29, 0.717) is 10.9 Å². The molecule has 0 heterocycles. The molecule has 1 N–H and O–H groups in total. The zero-order valence-corrected chi connectivity index (χ0v) is 11.8. The number of benzene rings is 2. The fourth-order valence-corrected chi connectivity index (χ4v) is 1.92. The summed E-state index contributed by atoms with van der Waals surface area (Å²) in [5, 5.41) is 5.21. The molecule has 0 aliphatic heterocycles. The smallest absolute Gasteiger partial charge is 0.427 e. The maximum absolute atomic E-state index is 12.5. The van der Waals surface area contributed by atoms with Crippen molar-refractivity contribution in [3.63, 3.8) is 0 Å². The van der Waals surface area contributed by atoms with Gasteiger partial charge in [-0.2, -0.15) is 13.9 Å². The highest BCUT2D eigenvalue weighted by atomic mass is 19.3. The number of fused-ring (bicyclic) bond motifs is 1. The summed E-state index contributed by atoms with van der Waals surface area (Å²) < 4.78 is 34.1. The molecular formula is C15H14F2N2O3. The fraction of sp³-hybridized carbons (Fsp3) is 0.200. The summed E-state index contributed by atoms with van der Waals surface area (Å²) in [6, 6.07) is 10.3. The van der Waals surface area contributed by atoms with Crippen LogP contribution in [0.5, 0.6) is 5.75 Å². The minimum Gasteiger partial charge on any atom is -0.449 e. The molecule has 0 spiro atoms. The number of rotatable bonds is 5. The van der Waals surface area contributed by atoms with Crippen LogP contribution in [0.4, 0.5) is 13.6 Å². The van der Waals surface area contributed by atoms with E-state index in [0.717, 1.165) is 5.39 Å². The van der Waals surface area contributed by atoms with Crippen LogP contribution in [0.15, 0.2) is 41.5 Å². The van der Waals surface area contributed by atoms with E-state index >= 15 is 0 Å². The van der Waals surface area contributed by atoms with Gasteiger partial charge in [0.05, 0.1) is 12.8 Å². The van der Waals surface area contributed by atoms with Crippen molar-refractivity contribution in [2.45, 2.75) is 13.5 Å². The summed E-state index contributed by atoms with van der Waals surface area (Å²) in [5.41, 5.74) is 2.49. The van der Waals surface area contributed by atoms with Gasteiger partial charge in [0.2, 0.25) is 0 Å². The highest BCUT2D eigenvalue weighted by Gasteiger charge is 2.11. The van der Waals surface area contributed by atoms with Crippen molar-refractivity contribution in [1.82, 2.24) is 5.43 Å². The first-order chi connectivity index (χ1) is 10.6. The number of nitrogens with zero attached hydrogens (tertiary/aromatic N) is 1. The van der Waals surface area contributed by atoms with Crippen molar-refractivity contribution < 1.29 is 23.0 Å². The Bertz CT molecular complexity index is 690. The lowest BCUT2D eigenvalue weighted by Gasteiger charge is -2.10. The molecule has 0 aliphatic carbocycles. The maximum Gasteiger partial charge on any atom is 0.427 e.